The third-order valence-corrected chi connectivity index (χ3v) is 4.89. The molecule has 1 aromatic carbocycles. The second kappa shape index (κ2) is 3.50. The topological polar surface area (TPSA) is 40.5 Å². The molecule has 0 bridgehead atoms. The van der Waals surface area contributed by atoms with Crippen LogP contribution in [-0.2, 0) is 17.9 Å². The summed E-state index contributed by atoms with van der Waals surface area (Å²) in [6.07, 6.45) is 0. The summed E-state index contributed by atoms with van der Waals surface area (Å²) in [6, 6.07) is 8.23. The van der Waals surface area contributed by atoms with Gasteiger partial charge in [-0.1, -0.05) is 24.3 Å². The van der Waals surface area contributed by atoms with Gasteiger partial charge >= 0.3 is 5.97 Å². The van der Waals surface area contributed by atoms with Gasteiger partial charge in [-0.05, 0) is 11.1 Å². The maximum absolute atomic E-state index is 11.4. The number of fused-ring (bicyclic) bond motifs is 1. The van der Waals surface area contributed by atoms with Gasteiger partial charge in [0.25, 0.3) is 0 Å². The molecule has 0 aromatic heterocycles. The lowest BCUT2D eigenvalue weighted by molar-refractivity contribution is -0.149. The maximum Gasteiger partial charge on any atom is 0.325 e. The zero-order valence-corrected chi connectivity index (χ0v) is 9.67. The summed E-state index contributed by atoms with van der Waals surface area (Å²) in [5, 5.41) is 9.37. The van der Waals surface area contributed by atoms with Crippen molar-refractivity contribution >= 4 is 17.7 Å². The van der Waals surface area contributed by atoms with E-state index >= 15 is 0 Å². The lowest BCUT2D eigenvalue weighted by atomic mass is 10.0. The van der Waals surface area contributed by atoms with Crippen LogP contribution in [0.2, 0.25) is 0 Å². The number of carbonyl (C=O) groups is 1. The summed E-state index contributed by atoms with van der Waals surface area (Å²) in [6.45, 7) is 1.56. The third kappa shape index (κ3) is 1.30. The molecule has 0 radical (unpaired) electrons. The number of carboxylic acids is 1. The van der Waals surface area contributed by atoms with Gasteiger partial charge in [0.2, 0.25) is 0 Å². The van der Waals surface area contributed by atoms with Crippen LogP contribution in [0, 0.1) is 0 Å². The zero-order valence-electron chi connectivity index (χ0n) is 8.85. The fraction of sp³-hybridized carbons (Fsp3) is 0.417. The molecule has 16 heavy (non-hydrogen) atoms. The lowest BCUT2D eigenvalue weighted by Gasteiger charge is -2.44. The van der Waals surface area contributed by atoms with Crippen LogP contribution in [0.3, 0.4) is 0 Å². The molecule has 2 aliphatic heterocycles. The second-order valence-corrected chi connectivity index (χ2v) is 5.44. The Hall–Kier alpha value is -1.00. The highest BCUT2D eigenvalue weighted by atomic mass is 32.2. The minimum Gasteiger partial charge on any atom is -0.480 e. The molecule has 4 heteroatoms. The Morgan fingerprint density at radius 1 is 1.25 bits per heavy atom. The van der Waals surface area contributed by atoms with Gasteiger partial charge in [0.1, 0.15) is 5.54 Å². The SMILES string of the molecule is O=C(O)C1(N2Cc3ccccc3C2)CSC1. The minimum atomic E-state index is -0.668. The molecule has 0 amide bonds. The molecule has 2 aliphatic rings. The maximum atomic E-state index is 11.4. The number of hydrogen-bond acceptors (Lipinski definition) is 3. The fourth-order valence-corrected chi connectivity index (χ4v) is 3.58. The minimum absolute atomic E-state index is 0.607. The van der Waals surface area contributed by atoms with Crippen LogP contribution < -0.4 is 0 Å². The first-order valence-electron chi connectivity index (χ1n) is 5.35. The number of carboxylic acid groups (broad SMARTS) is 1. The van der Waals surface area contributed by atoms with E-state index in [1.54, 1.807) is 11.8 Å². The third-order valence-electron chi connectivity index (χ3n) is 3.53. The molecule has 1 saturated heterocycles. The Bertz CT molecular complexity index is 417. The number of aliphatic carboxylic acids is 1. The predicted molar refractivity (Wildman–Crippen MR) is 63.4 cm³/mol. The highest BCUT2D eigenvalue weighted by molar-refractivity contribution is 8.01. The van der Waals surface area contributed by atoms with E-state index in [2.05, 4.69) is 17.0 Å². The average Bonchev–Trinajstić information content (AvgIpc) is 2.58. The van der Waals surface area contributed by atoms with Gasteiger partial charge in [0, 0.05) is 24.6 Å². The molecular formula is C12H13NO2S. The normalized spacial score (nSPS) is 22.5. The van der Waals surface area contributed by atoms with Crippen LogP contribution in [0.4, 0.5) is 0 Å². The van der Waals surface area contributed by atoms with Crippen LogP contribution in [-0.4, -0.2) is 33.0 Å². The zero-order chi connectivity index (χ0) is 11.2. The molecule has 3 nitrogen and oxygen atoms in total. The molecule has 0 spiro atoms. The van der Waals surface area contributed by atoms with Crippen molar-refractivity contribution in [1.29, 1.82) is 0 Å². The summed E-state index contributed by atoms with van der Waals surface area (Å²) in [7, 11) is 0. The van der Waals surface area contributed by atoms with E-state index in [1.807, 2.05) is 12.1 Å². The fourth-order valence-electron chi connectivity index (χ4n) is 2.37. The summed E-state index contributed by atoms with van der Waals surface area (Å²) < 4.78 is 0. The van der Waals surface area contributed by atoms with E-state index in [1.165, 1.54) is 11.1 Å². The summed E-state index contributed by atoms with van der Waals surface area (Å²) in [4.78, 5) is 13.5. The van der Waals surface area contributed by atoms with E-state index in [-0.39, 0.29) is 0 Å². The first-order valence-corrected chi connectivity index (χ1v) is 6.51. The van der Waals surface area contributed by atoms with Gasteiger partial charge in [-0.2, -0.15) is 11.8 Å². The van der Waals surface area contributed by atoms with Crippen LogP contribution in [0.5, 0.6) is 0 Å². The van der Waals surface area contributed by atoms with Crippen LogP contribution in [0.25, 0.3) is 0 Å². The van der Waals surface area contributed by atoms with Crippen molar-refractivity contribution < 1.29 is 9.90 Å². The first kappa shape index (κ1) is 10.2. The highest BCUT2D eigenvalue weighted by Crippen LogP contribution is 2.40. The predicted octanol–water partition coefficient (Wildman–Crippen LogP) is 1.57. The van der Waals surface area contributed by atoms with Crippen LogP contribution in [0.15, 0.2) is 24.3 Å². The smallest absolute Gasteiger partial charge is 0.325 e. The van der Waals surface area contributed by atoms with Crippen molar-refractivity contribution in [3.63, 3.8) is 0 Å². The van der Waals surface area contributed by atoms with Gasteiger partial charge in [0.15, 0.2) is 0 Å². The van der Waals surface area contributed by atoms with Crippen molar-refractivity contribution in [3.8, 4) is 0 Å². The number of benzene rings is 1. The average molecular weight is 235 g/mol. The Kier molecular flexibility index (Phi) is 2.23. The van der Waals surface area contributed by atoms with E-state index in [4.69, 9.17) is 0 Å². The van der Waals surface area contributed by atoms with Crippen molar-refractivity contribution in [1.82, 2.24) is 4.90 Å². The summed E-state index contributed by atoms with van der Waals surface area (Å²) in [5.74, 6) is 0.770. The molecule has 1 N–H and O–H groups in total. The van der Waals surface area contributed by atoms with Crippen LogP contribution in [0.1, 0.15) is 11.1 Å². The van der Waals surface area contributed by atoms with Crippen molar-refractivity contribution in [2.45, 2.75) is 18.6 Å². The molecule has 3 rings (SSSR count). The summed E-state index contributed by atoms with van der Waals surface area (Å²) >= 11 is 1.72. The number of nitrogens with zero attached hydrogens (tertiary/aromatic N) is 1. The quantitative estimate of drug-likeness (QED) is 0.844. The largest absolute Gasteiger partial charge is 0.480 e. The van der Waals surface area contributed by atoms with Crippen molar-refractivity contribution in [2.24, 2.45) is 0 Å². The summed E-state index contributed by atoms with van der Waals surface area (Å²) in [5.41, 5.74) is 1.95. The monoisotopic (exact) mass is 235 g/mol. The molecule has 0 aliphatic carbocycles. The molecule has 0 unspecified atom stereocenters. The van der Waals surface area contributed by atoms with E-state index < -0.39 is 11.5 Å². The molecule has 0 saturated carbocycles. The Balaban J connectivity index is 1.88. The standard InChI is InChI=1S/C12H13NO2S/c14-11(15)12(7-16-8-12)13-5-9-3-1-2-4-10(9)6-13/h1-4H,5-8H2,(H,14,15). The molecule has 1 aromatic rings. The van der Waals surface area contributed by atoms with Crippen molar-refractivity contribution in [2.75, 3.05) is 11.5 Å². The second-order valence-electron chi connectivity index (χ2n) is 4.45. The molecule has 0 atom stereocenters. The molecule has 2 heterocycles. The molecule has 1 fully saturated rings. The number of thioether (sulfide) groups is 1. The van der Waals surface area contributed by atoms with E-state index in [0.29, 0.717) is 0 Å². The van der Waals surface area contributed by atoms with E-state index in [0.717, 1.165) is 24.6 Å². The Labute approximate surface area is 98.4 Å². The van der Waals surface area contributed by atoms with Gasteiger partial charge in [-0.15, -0.1) is 0 Å². The van der Waals surface area contributed by atoms with Gasteiger partial charge in [-0.3, -0.25) is 9.69 Å². The van der Waals surface area contributed by atoms with Gasteiger partial charge in [0.05, 0.1) is 0 Å². The van der Waals surface area contributed by atoms with E-state index in [9.17, 15) is 9.90 Å². The van der Waals surface area contributed by atoms with Crippen LogP contribution >= 0.6 is 11.8 Å². The number of hydrogen-bond donors (Lipinski definition) is 1. The van der Waals surface area contributed by atoms with Gasteiger partial charge < -0.3 is 5.11 Å². The molecular weight excluding hydrogens is 222 g/mol. The lowest BCUT2D eigenvalue weighted by Crippen LogP contribution is -2.61. The first-order chi connectivity index (χ1) is 7.72. The Morgan fingerprint density at radius 3 is 2.19 bits per heavy atom. The Morgan fingerprint density at radius 2 is 1.81 bits per heavy atom. The van der Waals surface area contributed by atoms with Crippen molar-refractivity contribution in [3.05, 3.63) is 35.4 Å². The van der Waals surface area contributed by atoms with Gasteiger partial charge in [-0.25, -0.2) is 0 Å². The number of rotatable bonds is 2. The molecule has 84 valence electrons. The highest BCUT2D eigenvalue weighted by Gasteiger charge is 2.51.